The van der Waals surface area contributed by atoms with Crippen molar-refractivity contribution in [3.63, 3.8) is 0 Å². The number of nitrogens with zero attached hydrogens (tertiary/aromatic N) is 2. The fraction of sp³-hybridized carbons (Fsp3) is 0.550. The molecule has 1 rings (SSSR count). The Bertz CT molecular complexity index is 407. The fourth-order valence-corrected chi connectivity index (χ4v) is 2.07. The van der Waals surface area contributed by atoms with Gasteiger partial charge in [-0.15, -0.1) is 0 Å². The molecule has 0 aromatic carbocycles. The number of aromatic nitrogens is 1. The van der Waals surface area contributed by atoms with Crippen molar-refractivity contribution >= 4 is 6.08 Å². The second-order valence-electron chi connectivity index (χ2n) is 6.22. The molecule has 0 aliphatic carbocycles. The van der Waals surface area contributed by atoms with Crippen LogP contribution < -0.4 is 0 Å². The fourth-order valence-electron chi connectivity index (χ4n) is 2.07. The van der Waals surface area contributed by atoms with Crippen LogP contribution in [0.15, 0.2) is 43.3 Å². The van der Waals surface area contributed by atoms with E-state index in [0.717, 1.165) is 24.9 Å². The highest BCUT2D eigenvalue weighted by Crippen LogP contribution is 2.07. The first-order chi connectivity index (χ1) is 11.0. The molecule has 1 heterocycles. The minimum absolute atomic E-state index is 0.140. The van der Waals surface area contributed by atoms with Gasteiger partial charge in [-0.05, 0) is 49.8 Å². The number of quaternary nitrogens is 1. The molecule has 1 aromatic rings. The third-order valence-electron chi connectivity index (χ3n) is 3.41. The van der Waals surface area contributed by atoms with Gasteiger partial charge in [0, 0.05) is 12.4 Å². The monoisotopic (exact) mass is 318 g/mol. The summed E-state index contributed by atoms with van der Waals surface area (Å²) in [5.74, 6) is 0. The van der Waals surface area contributed by atoms with Crippen LogP contribution in [0.25, 0.3) is 6.08 Å². The smallest absolute Gasteiger partial charge is 0.0779 e. The van der Waals surface area contributed by atoms with Crippen LogP contribution in [-0.2, 0) is 0 Å². The lowest BCUT2D eigenvalue weighted by Crippen LogP contribution is -2.32. The molecule has 0 aliphatic heterocycles. The molecule has 0 fully saturated rings. The number of pyridine rings is 1. The maximum atomic E-state index is 11.2. The van der Waals surface area contributed by atoms with E-state index in [9.17, 15) is 5.21 Å². The number of allylic oxidation sites excluding steroid dienone is 2. The van der Waals surface area contributed by atoms with E-state index in [0.29, 0.717) is 0 Å². The van der Waals surface area contributed by atoms with Crippen LogP contribution >= 0.6 is 0 Å². The number of hydroxylamine groups is 3. The van der Waals surface area contributed by atoms with Crippen LogP contribution in [-0.4, -0.2) is 30.3 Å². The van der Waals surface area contributed by atoms with Gasteiger partial charge in [-0.2, -0.15) is 0 Å². The molecule has 0 amide bonds. The topological polar surface area (TPSA) is 36.0 Å². The number of unbranched alkanes of at least 4 members (excludes halogenated alkanes) is 5. The molecule has 0 aliphatic rings. The van der Waals surface area contributed by atoms with E-state index in [-0.39, 0.29) is 4.65 Å². The molecule has 0 saturated heterocycles. The van der Waals surface area contributed by atoms with E-state index in [2.05, 4.69) is 30.6 Å². The standard InChI is InChI=1S/C13H27NO.C7H7N/c1-4-5-6-7-8-9-10-11-12-13-14(2,3)15;1-2-7-3-5-8-6-4-7/h5-6H,4,7-13H2,1-3H3;2-6H,1H2/b6-5-;. The Balaban J connectivity index is 0.000000502. The SMILES string of the molecule is C=Cc1ccncc1.CC/C=C\CCCCCCC[N+](C)(C)[O-]. The van der Waals surface area contributed by atoms with Gasteiger partial charge in [-0.25, -0.2) is 0 Å². The zero-order valence-electron chi connectivity index (χ0n) is 15.2. The predicted molar refractivity (Wildman–Crippen MR) is 102 cm³/mol. The molecular weight excluding hydrogens is 284 g/mol. The maximum Gasteiger partial charge on any atom is 0.0779 e. The van der Waals surface area contributed by atoms with E-state index in [1.165, 1.54) is 32.1 Å². The summed E-state index contributed by atoms with van der Waals surface area (Å²) < 4.78 is -0.140. The third kappa shape index (κ3) is 16.7. The van der Waals surface area contributed by atoms with Crippen LogP contribution in [0, 0.1) is 5.21 Å². The molecule has 0 unspecified atom stereocenters. The minimum Gasteiger partial charge on any atom is -0.633 e. The molecule has 3 nitrogen and oxygen atoms in total. The van der Waals surface area contributed by atoms with Crippen molar-refractivity contribution < 1.29 is 4.65 Å². The Morgan fingerprint density at radius 2 is 1.65 bits per heavy atom. The molecule has 3 heteroatoms. The summed E-state index contributed by atoms with van der Waals surface area (Å²) in [5, 5.41) is 11.2. The summed E-state index contributed by atoms with van der Waals surface area (Å²) >= 11 is 0. The van der Waals surface area contributed by atoms with Crippen molar-refractivity contribution in [2.75, 3.05) is 20.6 Å². The van der Waals surface area contributed by atoms with Gasteiger partial charge in [-0.1, -0.05) is 44.6 Å². The Labute approximate surface area is 142 Å². The molecule has 0 spiro atoms. The normalized spacial score (nSPS) is 11.1. The second-order valence-corrected chi connectivity index (χ2v) is 6.22. The lowest BCUT2D eigenvalue weighted by Gasteiger charge is -2.33. The molecule has 23 heavy (non-hydrogen) atoms. The van der Waals surface area contributed by atoms with Gasteiger partial charge in [0.05, 0.1) is 20.6 Å². The molecule has 0 atom stereocenters. The molecule has 0 bridgehead atoms. The van der Waals surface area contributed by atoms with E-state index < -0.39 is 0 Å². The Hall–Kier alpha value is -1.45. The first-order valence-electron chi connectivity index (χ1n) is 8.71. The number of hydrogen-bond donors (Lipinski definition) is 0. The van der Waals surface area contributed by atoms with Crippen molar-refractivity contribution in [1.82, 2.24) is 4.98 Å². The highest BCUT2D eigenvalue weighted by atomic mass is 16.5. The summed E-state index contributed by atoms with van der Waals surface area (Å²) in [5.41, 5.74) is 1.11. The zero-order chi connectivity index (χ0) is 17.4. The van der Waals surface area contributed by atoms with Crippen molar-refractivity contribution in [3.05, 3.63) is 54.0 Å². The third-order valence-corrected chi connectivity index (χ3v) is 3.41. The summed E-state index contributed by atoms with van der Waals surface area (Å²) in [4.78, 5) is 3.85. The Morgan fingerprint density at radius 3 is 2.17 bits per heavy atom. The van der Waals surface area contributed by atoms with Gasteiger partial charge in [0.15, 0.2) is 0 Å². The van der Waals surface area contributed by atoms with Crippen molar-refractivity contribution in [3.8, 4) is 0 Å². The Kier molecular flexibility index (Phi) is 13.3. The number of hydrogen-bond acceptors (Lipinski definition) is 2. The van der Waals surface area contributed by atoms with Crippen LogP contribution in [0.1, 0.15) is 57.4 Å². The average Bonchev–Trinajstić information content (AvgIpc) is 2.54. The quantitative estimate of drug-likeness (QED) is 0.244. The summed E-state index contributed by atoms with van der Waals surface area (Å²) in [6.07, 6.45) is 18.3. The molecule has 0 radical (unpaired) electrons. The highest BCUT2D eigenvalue weighted by Gasteiger charge is 2.00. The van der Waals surface area contributed by atoms with Crippen molar-refractivity contribution in [1.29, 1.82) is 0 Å². The Morgan fingerprint density at radius 1 is 1.04 bits per heavy atom. The highest BCUT2D eigenvalue weighted by molar-refractivity contribution is 5.44. The van der Waals surface area contributed by atoms with Crippen LogP contribution in [0.3, 0.4) is 0 Å². The first-order valence-corrected chi connectivity index (χ1v) is 8.71. The summed E-state index contributed by atoms with van der Waals surface area (Å²) in [6, 6.07) is 3.82. The largest absolute Gasteiger partial charge is 0.633 e. The molecule has 0 saturated carbocycles. The van der Waals surface area contributed by atoms with E-state index >= 15 is 0 Å². The van der Waals surface area contributed by atoms with E-state index in [1.807, 2.05) is 12.1 Å². The lowest BCUT2D eigenvalue weighted by molar-refractivity contribution is -0.840. The van der Waals surface area contributed by atoms with Crippen LogP contribution in [0.5, 0.6) is 0 Å². The molecule has 1 aromatic heterocycles. The lowest BCUT2D eigenvalue weighted by atomic mass is 10.1. The maximum absolute atomic E-state index is 11.2. The second kappa shape index (κ2) is 14.2. The van der Waals surface area contributed by atoms with E-state index in [4.69, 9.17) is 0 Å². The first kappa shape index (κ1) is 21.6. The van der Waals surface area contributed by atoms with Crippen molar-refractivity contribution in [2.45, 2.75) is 51.9 Å². The minimum atomic E-state index is -0.140. The van der Waals surface area contributed by atoms with Gasteiger partial charge in [0.1, 0.15) is 0 Å². The number of rotatable bonds is 10. The van der Waals surface area contributed by atoms with Gasteiger partial charge in [0.25, 0.3) is 0 Å². The van der Waals surface area contributed by atoms with Gasteiger partial charge >= 0.3 is 0 Å². The molecule has 0 N–H and O–H groups in total. The molecule has 130 valence electrons. The molecular formula is C20H34N2O. The van der Waals surface area contributed by atoms with Gasteiger partial charge in [0.2, 0.25) is 0 Å². The van der Waals surface area contributed by atoms with Crippen LogP contribution in [0.4, 0.5) is 0 Å². The zero-order valence-corrected chi connectivity index (χ0v) is 15.2. The van der Waals surface area contributed by atoms with Gasteiger partial charge in [-0.3, -0.25) is 4.98 Å². The summed E-state index contributed by atoms with van der Waals surface area (Å²) in [6.45, 7) is 6.53. The van der Waals surface area contributed by atoms with E-state index in [1.54, 1.807) is 32.6 Å². The summed E-state index contributed by atoms with van der Waals surface area (Å²) in [7, 11) is 3.44. The van der Waals surface area contributed by atoms with Crippen molar-refractivity contribution in [2.24, 2.45) is 0 Å². The predicted octanol–water partition coefficient (Wildman–Crippen LogP) is 5.59. The van der Waals surface area contributed by atoms with Crippen LogP contribution in [0.2, 0.25) is 0 Å². The average molecular weight is 319 g/mol. The van der Waals surface area contributed by atoms with Gasteiger partial charge < -0.3 is 9.85 Å².